The lowest BCUT2D eigenvalue weighted by molar-refractivity contribution is -0.117. The van der Waals surface area contributed by atoms with Gasteiger partial charge in [-0.3, -0.25) is 9.59 Å². The maximum atomic E-state index is 14.1. The number of halogens is 2. The molecule has 0 bridgehead atoms. The van der Waals surface area contributed by atoms with Crippen molar-refractivity contribution in [2.24, 2.45) is 11.8 Å². The molecule has 0 aliphatic carbocycles. The van der Waals surface area contributed by atoms with E-state index in [1.54, 1.807) is 0 Å². The van der Waals surface area contributed by atoms with E-state index >= 15 is 0 Å². The van der Waals surface area contributed by atoms with E-state index in [1.807, 2.05) is 30.3 Å². The molecule has 2 atom stereocenters. The monoisotopic (exact) mass is 433 g/mol. The lowest BCUT2D eigenvalue weighted by Gasteiger charge is -2.28. The summed E-state index contributed by atoms with van der Waals surface area (Å²) in [7, 11) is 0. The van der Waals surface area contributed by atoms with Crippen molar-refractivity contribution < 1.29 is 14.0 Å². The van der Waals surface area contributed by atoms with Crippen LogP contribution in [0.1, 0.15) is 31.7 Å². The molecule has 3 rings (SSSR count). The van der Waals surface area contributed by atoms with Crippen LogP contribution in [-0.2, 0) is 16.0 Å². The van der Waals surface area contributed by atoms with Crippen LogP contribution in [-0.4, -0.2) is 24.9 Å². The highest BCUT2D eigenvalue weighted by atomic mass is 35.5. The molecule has 7 heteroatoms. The second-order valence-electron chi connectivity index (χ2n) is 7.74. The van der Waals surface area contributed by atoms with Crippen molar-refractivity contribution in [3.63, 3.8) is 0 Å². The molecule has 162 valence electrons. The molecule has 2 aromatic carbocycles. The summed E-state index contributed by atoms with van der Waals surface area (Å²) < 4.78 is 14.1. The summed E-state index contributed by atoms with van der Waals surface area (Å²) in [4.78, 5) is 24.6. The van der Waals surface area contributed by atoms with E-state index < -0.39 is 5.82 Å². The lowest BCUT2D eigenvalue weighted by Crippen LogP contribution is -2.34. The van der Waals surface area contributed by atoms with Crippen LogP contribution in [0.15, 0.2) is 48.5 Å². The molecule has 1 fully saturated rings. The van der Waals surface area contributed by atoms with E-state index in [0.717, 1.165) is 31.5 Å². The number of hydrogen-bond donors (Lipinski definition) is 3. The van der Waals surface area contributed by atoms with Crippen molar-refractivity contribution in [3.8, 4) is 0 Å². The highest BCUT2D eigenvalue weighted by molar-refractivity contribution is 5.95. The quantitative estimate of drug-likeness (QED) is 0.606. The number of amides is 2. The van der Waals surface area contributed by atoms with Crippen molar-refractivity contribution in [3.05, 3.63) is 59.9 Å². The minimum absolute atomic E-state index is 0. The van der Waals surface area contributed by atoms with Crippen LogP contribution in [0.3, 0.4) is 0 Å². The number of piperidine rings is 1. The zero-order valence-electron chi connectivity index (χ0n) is 17.1. The number of hydrogen-bond acceptors (Lipinski definition) is 3. The van der Waals surface area contributed by atoms with Crippen molar-refractivity contribution >= 4 is 35.6 Å². The second-order valence-corrected chi connectivity index (χ2v) is 7.74. The standard InChI is InChI=1S/C23H28FN3O2.ClH/c1-16(18-8-5-11-25-15-18)12-22(28)26-19-9-10-20(24)21(14-19)27-23(29)13-17-6-3-2-4-7-17;/h2-4,6-7,9-10,14,16,18,25H,5,8,11-13,15H2,1H3,(H,26,28)(H,27,29);1H. The Morgan fingerprint density at radius 3 is 2.60 bits per heavy atom. The molecule has 2 unspecified atom stereocenters. The van der Waals surface area contributed by atoms with Gasteiger partial charge in [0, 0.05) is 12.1 Å². The van der Waals surface area contributed by atoms with E-state index in [-0.39, 0.29) is 42.2 Å². The van der Waals surface area contributed by atoms with Gasteiger partial charge < -0.3 is 16.0 Å². The first-order valence-corrected chi connectivity index (χ1v) is 10.1. The van der Waals surface area contributed by atoms with Gasteiger partial charge in [0.05, 0.1) is 12.1 Å². The maximum absolute atomic E-state index is 14.1. The third kappa shape index (κ3) is 7.11. The normalized spacial score (nSPS) is 16.8. The molecule has 0 spiro atoms. The predicted molar refractivity (Wildman–Crippen MR) is 120 cm³/mol. The van der Waals surface area contributed by atoms with Crippen LogP contribution in [0, 0.1) is 17.7 Å². The van der Waals surface area contributed by atoms with Crippen LogP contribution in [0.4, 0.5) is 15.8 Å². The Balaban J connectivity index is 0.00000320. The number of rotatable bonds is 7. The number of benzene rings is 2. The number of nitrogens with one attached hydrogen (secondary N) is 3. The Kier molecular flexibility index (Phi) is 9.27. The molecule has 3 N–H and O–H groups in total. The van der Waals surface area contributed by atoms with Crippen molar-refractivity contribution in [1.29, 1.82) is 0 Å². The van der Waals surface area contributed by atoms with Crippen molar-refractivity contribution in [1.82, 2.24) is 5.32 Å². The van der Waals surface area contributed by atoms with E-state index in [4.69, 9.17) is 0 Å². The molecule has 1 saturated heterocycles. The zero-order chi connectivity index (χ0) is 20.6. The molecule has 0 saturated carbocycles. The lowest BCUT2D eigenvalue weighted by atomic mass is 9.85. The SMILES string of the molecule is CC(CC(=O)Nc1ccc(F)c(NC(=O)Cc2ccccc2)c1)C1CCCNC1.Cl. The van der Waals surface area contributed by atoms with Gasteiger partial charge in [-0.25, -0.2) is 4.39 Å². The van der Waals surface area contributed by atoms with E-state index in [0.29, 0.717) is 18.0 Å². The molecule has 1 heterocycles. The number of carbonyl (C=O) groups excluding carboxylic acids is 2. The van der Waals surface area contributed by atoms with E-state index in [9.17, 15) is 14.0 Å². The van der Waals surface area contributed by atoms with E-state index in [2.05, 4.69) is 22.9 Å². The van der Waals surface area contributed by atoms with Crippen LogP contribution in [0.2, 0.25) is 0 Å². The summed E-state index contributed by atoms with van der Waals surface area (Å²) in [5, 5.41) is 8.79. The fourth-order valence-corrected chi connectivity index (χ4v) is 3.71. The number of carbonyl (C=O) groups is 2. The van der Waals surface area contributed by atoms with Gasteiger partial charge in [0.15, 0.2) is 0 Å². The summed E-state index contributed by atoms with van der Waals surface area (Å²) in [6.45, 7) is 4.09. The van der Waals surface area contributed by atoms with Gasteiger partial charge in [0.1, 0.15) is 5.82 Å². The van der Waals surface area contributed by atoms with Crippen LogP contribution < -0.4 is 16.0 Å². The Labute approximate surface area is 183 Å². The molecule has 30 heavy (non-hydrogen) atoms. The average Bonchev–Trinajstić information content (AvgIpc) is 2.72. The molecule has 0 aromatic heterocycles. The first-order valence-electron chi connectivity index (χ1n) is 10.1. The fourth-order valence-electron chi connectivity index (χ4n) is 3.71. The van der Waals surface area contributed by atoms with Gasteiger partial charge in [-0.2, -0.15) is 0 Å². The largest absolute Gasteiger partial charge is 0.326 e. The molecule has 5 nitrogen and oxygen atoms in total. The fraction of sp³-hybridized carbons (Fsp3) is 0.391. The predicted octanol–water partition coefficient (Wildman–Crippen LogP) is 4.39. The van der Waals surface area contributed by atoms with Crippen LogP contribution in [0.25, 0.3) is 0 Å². The van der Waals surface area contributed by atoms with Crippen LogP contribution in [0.5, 0.6) is 0 Å². The van der Waals surface area contributed by atoms with Gasteiger partial charge in [-0.1, -0.05) is 37.3 Å². The first kappa shape index (κ1) is 23.8. The molecule has 2 aromatic rings. The highest BCUT2D eigenvalue weighted by Gasteiger charge is 2.22. The van der Waals surface area contributed by atoms with Crippen molar-refractivity contribution in [2.45, 2.75) is 32.6 Å². The smallest absolute Gasteiger partial charge is 0.228 e. The minimum Gasteiger partial charge on any atom is -0.326 e. The summed E-state index contributed by atoms with van der Waals surface area (Å²) >= 11 is 0. The first-order chi connectivity index (χ1) is 14.0. The molecular formula is C23H29ClFN3O2. The van der Waals surface area contributed by atoms with Crippen molar-refractivity contribution in [2.75, 3.05) is 23.7 Å². The van der Waals surface area contributed by atoms with E-state index in [1.165, 1.54) is 18.2 Å². The Bertz CT molecular complexity index is 842. The van der Waals surface area contributed by atoms with Gasteiger partial charge in [-0.15, -0.1) is 12.4 Å². The minimum atomic E-state index is -0.536. The highest BCUT2D eigenvalue weighted by Crippen LogP contribution is 2.24. The Morgan fingerprint density at radius 1 is 1.13 bits per heavy atom. The molecule has 0 radical (unpaired) electrons. The van der Waals surface area contributed by atoms with Gasteiger partial charge in [0.2, 0.25) is 11.8 Å². The number of anilines is 2. The zero-order valence-corrected chi connectivity index (χ0v) is 17.9. The molecule has 1 aliphatic rings. The van der Waals surface area contributed by atoms with Gasteiger partial charge in [0.25, 0.3) is 0 Å². The second kappa shape index (κ2) is 11.7. The Morgan fingerprint density at radius 2 is 1.90 bits per heavy atom. The van der Waals surface area contributed by atoms with Gasteiger partial charge >= 0.3 is 0 Å². The topological polar surface area (TPSA) is 70.2 Å². The summed E-state index contributed by atoms with van der Waals surface area (Å²) in [5.74, 6) is -0.178. The van der Waals surface area contributed by atoms with Crippen LogP contribution >= 0.6 is 12.4 Å². The molecular weight excluding hydrogens is 405 g/mol. The maximum Gasteiger partial charge on any atom is 0.228 e. The average molecular weight is 434 g/mol. The third-order valence-electron chi connectivity index (χ3n) is 5.38. The summed E-state index contributed by atoms with van der Waals surface area (Å²) in [6.07, 6.45) is 2.85. The van der Waals surface area contributed by atoms with Gasteiger partial charge in [-0.05, 0) is 61.5 Å². The molecule has 1 aliphatic heterocycles. The third-order valence-corrected chi connectivity index (χ3v) is 5.38. The Hall–Kier alpha value is -2.44. The summed E-state index contributed by atoms with van der Waals surface area (Å²) in [6, 6.07) is 13.5. The molecule has 2 amide bonds. The summed E-state index contributed by atoms with van der Waals surface area (Å²) in [5.41, 5.74) is 1.38.